The van der Waals surface area contributed by atoms with Gasteiger partial charge in [-0.25, -0.2) is 0 Å². The van der Waals surface area contributed by atoms with Crippen molar-refractivity contribution in [2.24, 2.45) is 0 Å². The molecule has 0 unspecified atom stereocenters. The van der Waals surface area contributed by atoms with E-state index in [1.807, 2.05) is 6.07 Å². The van der Waals surface area contributed by atoms with Gasteiger partial charge >= 0.3 is 0 Å². The molecule has 2 aromatic heterocycles. The van der Waals surface area contributed by atoms with Crippen molar-refractivity contribution in [1.29, 1.82) is 0 Å². The van der Waals surface area contributed by atoms with Crippen LogP contribution in [0.4, 0.5) is 5.69 Å². The van der Waals surface area contributed by atoms with Gasteiger partial charge in [-0.2, -0.15) is 11.8 Å². The molecular formula is C19H18N2O3S2. The molecule has 0 aliphatic rings. The third kappa shape index (κ3) is 5.00. The maximum absolute atomic E-state index is 12.4. The summed E-state index contributed by atoms with van der Waals surface area (Å²) in [7, 11) is 0. The molecule has 0 radical (unpaired) electrons. The summed E-state index contributed by atoms with van der Waals surface area (Å²) in [6, 6.07) is 14.3. The molecule has 7 heteroatoms. The van der Waals surface area contributed by atoms with Crippen LogP contribution in [-0.2, 0) is 5.75 Å². The summed E-state index contributed by atoms with van der Waals surface area (Å²) in [5.74, 6) is 1.37. The first kappa shape index (κ1) is 18.3. The lowest BCUT2D eigenvalue weighted by Crippen LogP contribution is -2.27. The van der Waals surface area contributed by atoms with Crippen LogP contribution in [0.2, 0.25) is 0 Å². The maximum atomic E-state index is 12.4. The lowest BCUT2D eigenvalue weighted by Gasteiger charge is -2.10. The van der Waals surface area contributed by atoms with E-state index in [0.717, 1.165) is 11.5 Å². The fourth-order valence-electron chi connectivity index (χ4n) is 2.28. The van der Waals surface area contributed by atoms with E-state index in [0.29, 0.717) is 17.8 Å². The topological polar surface area (TPSA) is 71.3 Å². The SMILES string of the molecule is O=C(Nc1ccccc1C(=O)NCCSCc1cccs1)c1ccco1. The van der Waals surface area contributed by atoms with Crippen LogP contribution < -0.4 is 10.6 Å². The van der Waals surface area contributed by atoms with Crippen molar-refractivity contribution >= 4 is 40.6 Å². The fraction of sp³-hybridized carbons (Fsp3) is 0.158. The van der Waals surface area contributed by atoms with Crippen LogP contribution in [0.3, 0.4) is 0 Å². The molecule has 3 aromatic rings. The van der Waals surface area contributed by atoms with Crippen LogP contribution in [0.1, 0.15) is 25.8 Å². The van der Waals surface area contributed by atoms with Gasteiger partial charge in [0.05, 0.1) is 17.5 Å². The molecule has 0 saturated heterocycles. The quantitative estimate of drug-likeness (QED) is 0.568. The Labute approximate surface area is 159 Å². The molecule has 2 amide bonds. The van der Waals surface area contributed by atoms with E-state index in [4.69, 9.17) is 4.42 Å². The normalized spacial score (nSPS) is 10.5. The van der Waals surface area contributed by atoms with Crippen LogP contribution in [0.25, 0.3) is 0 Å². The van der Waals surface area contributed by atoms with Gasteiger partial charge in [0, 0.05) is 22.9 Å². The molecule has 3 rings (SSSR count). The highest BCUT2D eigenvalue weighted by Crippen LogP contribution is 2.18. The molecule has 1 aromatic carbocycles. The van der Waals surface area contributed by atoms with Crippen LogP contribution in [0.5, 0.6) is 0 Å². The number of anilines is 1. The Morgan fingerprint density at radius 1 is 1.04 bits per heavy atom. The Morgan fingerprint density at radius 2 is 1.92 bits per heavy atom. The first-order valence-electron chi connectivity index (χ1n) is 8.06. The molecular weight excluding hydrogens is 368 g/mol. The predicted octanol–water partition coefficient (Wildman–Crippen LogP) is 4.26. The molecule has 2 N–H and O–H groups in total. The number of benzene rings is 1. The zero-order valence-corrected chi connectivity index (χ0v) is 15.6. The van der Waals surface area contributed by atoms with Crippen LogP contribution in [-0.4, -0.2) is 24.1 Å². The zero-order valence-electron chi connectivity index (χ0n) is 13.9. The number of para-hydroxylation sites is 1. The summed E-state index contributed by atoms with van der Waals surface area (Å²) in [5.41, 5.74) is 0.883. The zero-order chi connectivity index (χ0) is 18.2. The minimum atomic E-state index is -0.387. The summed E-state index contributed by atoms with van der Waals surface area (Å²) >= 11 is 3.51. The van der Waals surface area contributed by atoms with Gasteiger partial charge in [-0.15, -0.1) is 11.3 Å². The summed E-state index contributed by atoms with van der Waals surface area (Å²) < 4.78 is 5.08. The number of furan rings is 1. The van der Waals surface area contributed by atoms with Gasteiger partial charge in [-0.05, 0) is 35.7 Å². The summed E-state index contributed by atoms with van der Waals surface area (Å²) in [5, 5.41) is 7.67. The molecule has 0 aliphatic carbocycles. The van der Waals surface area contributed by atoms with Crippen molar-refractivity contribution in [2.75, 3.05) is 17.6 Å². The Morgan fingerprint density at radius 3 is 2.69 bits per heavy atom. The van der Waals surface area contributed by atoms with Crippen LogP contribution in [0, 0.1) is 0 Å². The van der Waals surface area contributed by atoms with Crippen molar-refractivity contribution in [3.63, 3.8) is 0 Å². The highest BCUT2D eigenvalue weighted by Gasteiger charge is 2.15. The van der Waals surface area contributed by atoms with Gasteiger partial charge in [-0.3, -0.25) is 9.59 Å². The van der Waals surface area contributed by atoms with E-state index >= 15 is 0 Å². The second kappa shape index (κ2) is 9.26. The maximum Gasteiger partial charge on any atom is 0.291 e. The number of carbonyl (C=O) groups excluding carboxylic acids is 2. The number of rotatable bonds is 8. The van der Waals surface area contributed by atoms with E-state index in [1.54, 1.807) is 59.5 Å². The van der Waals surface area contributed by atoms with Gasteiger partial charge in [0.25, 0.3) is 11.8 Å². The van der Waals surface area contributed by atoms with E-state index in [1.165, 1.54) is 11.1 Å². The molecule has 0 atom stereocenters. The monoisotopic (exact) mass is 386 g/mol. The molecule has 0 aliphatic heterocycles. The lowest BCUT2D eigenvalue weighted by molar-refractivity contribution is 0.0957. The molecule has 134 valence electrons. The third-order valence-corrected chi connectivity index (χ3v) is 5.59. The molecule has 5 nitrogen and oxygen atoms in total. The van der Waals surface area contributed by atoms with Gasteiger partial charge in [0.2, 0.25) is 0 Å². The number of hydrogen-bond acceptors (Lipinski definition) is 5. The summed E-state index contributed by atoms with van der Waals surface area (Å²) in [6.45, 7) is 0.565. The smallest absolute Gasteiger partial charge is 0.291 e. The molecule has 0 saturated carbocycles. The molecule has 0 fully saturated rings. The molecule has 0 spiro atoms. The predicted molar refractivity (Wildman–Crippen MR) is 106 cm³/mol. The van der Waals surface area contributed by atoms with Gasteiger partial charge in [0.15, 0.2) is 5.76 Å². The first-order valence-corrected chi connectivity index (χ1v) is 10.1. The van der Waals surface area contributed by atoms with Crippen molar-refractivity contribution in [3.8, 4) is 0 Å². The van der Waals surface area contributed by atoms with E-state index < -0.39 is 0 Å². The van der Waals surface area contributed by atoms with Gasteiger partial charge in [-0.1, -0.05) is 18.2 Å². The standard InChI is InChI=1S/C19H18N2O3S2/c22-18(20-9-12-25-13-14-5-4-11-26-14)15-6-1-2-7-16(15)21-19(23)17-8-3-10-24-17/h1-8,10-11H,9,12-13H2,(H,20,22)(H,21,23). The second-order valence-corrected chi connectivity index (χ2v) is 7.50. The minimum absolute atomic E-state index is 0.199. The molecule has 2 heterocycles. The Kier molecular flexibility index (Phi) is 6.51. The summed E-state index contributed by atoms with van der Waals surface area (Å²) in [4.78, 5) is 25.9. The minimum Gasteiger partial charge on any atom is -0.459 e. The van der Waals surface area contributed by atoms with Crippen molar-refractivity contribution in [1.82, 2.24) is 5.32 Å². The Hall–Kier alpha value is -2.51. The lowest BCUT2D eigenvalue weighted by atomic mass is 10.1. The van der Waals surface area contributed by atoms with E-state index in [9.17, 15) is 9.59 Å². The van der Waals surface area contributed by atoms with Gasteiger partial charge < -0.3 is 15.1 Å². The number of amides is 2. The number of hydrogen-bond donors (Lipinski definition) is 2. The average molecular weight is 386 g/mol. The third-order valence-electron chi connectivity index (χ3n) is 3.52. The van der Waals surface area contributed by atoms with Crippen LogP contribution in [0.15, 0.2) is 64.6 Å². The number of nitrogens with one attached hydrogen (secondary N) is 2. The van der Waals surface area contributed by atoms with Crippen molar-refractivity contribution in [3.05, 3.63) is 76.4 Å². The van der Waals surface area contributed by atoms with E-state index in [2.05, 4.69) is 22.1 Å². The average Bonchev–Trinajstić information content (AvgIpc) is 3.35. The largest absolute Gasteiger partial charge is 0.459 e. The highest BCUT2D eigenvalue weighted by atomic mass is 32.2. The van der Waals surface area contributed by atoms with Crippen molar-refractivity contribution in [2.45, 2.75) is 5.75 Å². The number of thiophene rings is 1. The molecule has 26 heavy (non-hydrogen) atoms. The number of carbonyl (C=O) groups is 2. The summed E-state index contributed by atoms with van der Waals surface area (Å²) in [6.07, 6.45) is 1.43. The van der Waals surface area contributed by atoms with Gasteiger partial charge in [0.1, 0.15) is 0 Å². The Bertz CT molecular complexity index is 846. The van der Waals surface area contributed by atoms with E-state index in [-0.39, 0.29) is 17.6 Å². The second-order valence-electron chi connectivity index (χ2n) is 5.36. The Balaban J connectivity index is 1.51. The number of thioether (sulfide) groups is 1. The highest BCUT2D eigenvalue weighted by molar-refractivity contribution is 7.98. The molecule has 0 bridgehead atoms. The first-order chi connectivity index (χ1) is 12.7. The fourth-order valence-corrected chi connectivity index (χ4v) is 3.98. The van der Waals surface area contributed by atoms with Crippen LogP contribution >= 0.6 is 23.1 Å². The van der Waals surface area contributed by atoms with Crippen molar-refractivity contribution < 1.29 is 14.0 Å².